The van der Waals surface area contributed by atoms with E-state index < -0.39 is 0 Å². The van der Waals surface area contributed by atoms with Crippen molar-refractivity contribution in [2.75, 3.05) is 6.26 Å². The van der Waals surface area contributed by atoms with Crippen LogP contribution in [0.3, 0.4) is 0 Å². The summed E-state index contributed by atoms with van der Waals surface area (Å²) in [6.45, 7) is 8.26. The van der Waals surface area contributed by atoms with E-state index in [9.17, 15) is 0 Å². The number of pyridine rings is 1. The second-order valence-corrected chi connectivity index (χ2v) is 7.67. The lowest BCUT2D eigenvalue weighted by Crippen LogP contribution is -2.41. The third kappa shape index (κ3) is 3.18. The maximum Gasteiger partial charge on any atom is 0.494 e. The highest BCUT2D eigenvalue weighted by molar-refractivity contribution is 7.98. The lowest BCUT2D eigenvalue weighted by molar-refractivity contribution is 0.00578. The number of hydrogen-bond acceptors (Lipinski definition) is 4. The highest BCUT2D eigenvalue weighted by atomic mass is 32.2. The lowest BCUT2D eigenvalue weighted by atomic mass is 9.79. The van der Waals surface area contributed by atoms with Gasteiger partial charge in [0.15, 0.2) is 0 Å². The standard InChI is InChI=1S/C18H22BNO2S/c1-17(2)18(3,4)22-19(21-17)14-10-11-20-16(12-14)13-6-8-15(23-5)9-7-13/h6-12H,1-5H3. The van der Waals surface area contributed by atoms with Crippen molar-refractivity contribution in [3.63, 3.8) is 0 Å². The van der Waals surface area contributed by atoms with E-state index in [4.69, 9.17) is 9.31 Å². The Morgan fingerprint density at radius 1 is 0.957 bits per heavy atom. The molecule has 1 aromatic carbocycles. The minimum Gasteiger partial charge on any atom is -0.399 e. The van der Waals surface area contributed by atoms with Gasteiger partial charge >= 0.3 is 7.12 Å². The Kier molecular flexibility index (Phi) is 4.30. The number of rotatable bonds is 3. The van der Waals surface area contributed by atoms with Crippen LogP contribution in [0.5, 0.6) is 0 Å². The van der Waals surface area contributed by atoms with Crippen LogP contribution in [-0.4, -0.2) is 29.6 Å². The van der Waals surface area contributed by atoms with Gasteiger partial charge in [0.25, 0.3) is 0 Å². The Hall–Kier alpha value is -1.30. The van der Waals surface area contributed by atoms with E-state index in [2.05, 4.69) is 69.3 Å². The molecule has 23 heavy (non-hydrogen) atoms. The second-order valence-electron chi connectivity index (χ2n) is 6.79. The molecule has 0 unspecified atom stereocenters. The van der Waals surface area contributed by atoms with Crippen LogP contribution in [0.15, 0.2) is 47.5 Å². The van der Waals surface area contributed by atoms with Crippen molar-refractivity contribution in [2.45, 2.75) is 43.8 Å². The van der Waals surface area contributed by atoms with Gasteiger partial charge in [0.1, 0.15) is 0 Å². The highest BCUT2D eigenvalue weighted by Gasteiger charge is 2.51. The zero-order valence-electron chi connectivity index (χ0n) is 14.3. The van der Waals surface area contributed by atoms with Crippen molar-refractivity contribution in [1.29, 1.82) is 0 Å². The van der Waals surface area contributed by atoms with Gasteiger partial charge in [-0.2, -0.15) is 0 Å². The number of benzene rings is 1. The average Bonchev–Trinajstić information content (AvgIpc) is 2.76. The van der Waals surface area contributed by atoms with Gasteiger partial charge in [-0.3, -0.25) is 4.98 Å². The summed E-state index contributed by atoms with van der Waals surface area (Å²) in [5.74, 6) is 0. The van der Waals surface area contributed by atoms with Gasteiger partial charge in [0, 0.05) is 16.7 Å². The minimum atomic E-state index is -0.354. The Labute approximate surface area is 142 Å². The van der Waals surface area contributed by atoms with Crippen molar-refractivity contribution >= 4 is 24.3 Å². The first-order chi connectivity index (χ1) is 10.8. The van der Waals surface area contributed by atoms with E-state index in [1.165, 1.54) is 4.90 Å². The molecule has 1 fully saturated rings. The molecule has 1 saturated heterocycles. The van der Waals surface area contributed by atoms with Gasteiger partial charge in [-0.05, 0) is 63.7 Å². The van der Waals surface area contributed by atoms with E-state index >= 15 is 0 Å². The van der Waals surface area contributed by atoms with Crippen LogP contribution in [0.25, 0.3) is 11.3 Å². The second kappa shape index (κ2) is 5.97. The molecule has 3 nitrogen and oxygen atoms in total. The fourth-order valence-electron chi connectivity index (χ4n) is 2.49. The van der Waals surface area contributed by atoms with Gasteiger partial charge in [-0.15, -0.1) is 11.8 Å². The minimum absolute atomic E-state index is 0.332. The Morgan fingerprint density at radius 3 is 2.13 bits per heavy atom. The summed E-state index contributed by atoms with van der Waals surface area (Å²) in [5, 5.41) is 0. The van der Waals surface area contributed by atoms with E-state index in [0.29, 0.717) is 0 Å². The molecule has 3 rings (SSSR count). The fourth-order valence-corrected chi connectivity index (χ4v) is 2.90. The molecule has 0 saturated carbocycles. The zero-order valence-corrected chi connectivity index (χ0v) is 15.1. The number of aromatic nitrogens is 1. The Morgan fingerprint density at radius 2 is 1.57 bits per heavy atom. The zero-order chi connectivity index (χ0) is 16.7. The largest absolute Gasteiger partial charge is 0.494 e. The number of thioether (sulfide) groups is 1. The van der Waals surface area contributed by atoms with Gasteiger partial charge in [0.2, 0.25) is 0 Å². The molecule has 0 radical (unpaired) electrons. The van der Waals surface area contributed by atoms with Crippen LogP contribution in [0.2, 0.25) is 0 Å². The summed E-state index contributed by atoms with van der Waals surface area (Å²) < 4.78 is 12.2. The maximum absolute atomic E-state index is 6.12. The lowest BCUT2D eigenvalue weighted by Gasteiger charge is -2.32. The molecule has 0 spiro atoms. The first-order valence-corrected chi connectivity index (χ1v) is 9.01. The van der Waals surface area contributed by atoms with Crippen LogP contribution in [0.1, 0.15) is 27.7 Å². The van der Waals surface area contributed by atoms with Crippen molar-refractivity contribution in [2.24, 2.45) is 0 Å². The van der Waals surface area contributed by atoms with Crippen LogP contribution >= 0.6 is 11.8 Å². The average molecular weight is 327 g/mol. The summed E-state index contributed by atoms with van der Waals surface area (Å²) in [5.41, 5.74) is 2.37. The molecule has 120 valence electrons. The van der Waals surface area contributed by atoms with Gasteiger partial charge in [-0.25, -0.2) is 0 Å². The van der Waals surface area contributed by atoms with Crippen molar-refractivity contribution < 1.29 is 9.31 Å². The fraction of sp³-hybridized carbons (Fsp3) is 0.389. The smallest absolute Gasteiger partial charge is 0.399 e. The summed E-state index contributed by atoms with van der Waals surface area (Å²) in [4.78, 5) is 5.74. The Bertz CT molecular complexity index is 684. The number of nitrogens with zero attached hydrogens (tertiary/aromatic N) is 1. The monoisotopic (exact) mass is 327 g/mol. The van der Waals surface area contributed by atoms with Crippen molar-refractivity contribution in [1.82, 2.24) is 4.98 Å². The van der Waals surface area contributed by atoms with Crippen LogP contribution in [0.4, 0.5) is 0 Å². The quantitative estimate of drug-likeness (QED) is 0.634. The van der Waals surface area contributed by atoms with Crippen LogP contribution in [0, 0.1) is 0 Å². The first-order valence-electron chi connectivity index (χ1n) is 7.78. The summed E-state index contributed by atoms with van der Waals surface area (Å²) in [6.07, 6.45) is 3.89. The summed E-state index contributed by atoms with van der Waals surface area (Å²) >= 11 is 1.74. The van der Waals surface area contributed by atoms with Gasteiger partial charge < -0.3 is 9.31 Å². The molecular formula is C18H22BNO2S. The van der Waals surface area contributed by atoms with E-state index in [1.54, 1.807) is 11.8 Å². The predicted molar refractivity (Wildman–Crippen MR) is 97.2 cm³/mol. The van der Waals surface area contributed by atoms with Crippen molar-refractivity contribution in [3.05, 3.63) is 42.6 Å². The van der Waals surface area contributed by atoms with Gasteiger partial charge in [0.05, 0.1) is 16.9 Å². The van der Waals surface area contributed by atoms with E-state index in [-0.39, 0.29) is 18.3 Å². The number of hydrogen-bond donors (Lipinski definition) is 0. The summed E-state index contributed by atoms with van der Waals surface area (Å²) in [7, 11) is -0.354. The Balaban J connectivity index is 1.88. The molecule has 0 aliphatic carbocycles. The highest BCUT2D eigenvalue weighted by Crippen LogP contribution is 2.36. The molecule has 2 aromatic rings. The molecule has 1 aromatic heterocycles. The topological polar surface area (TPSA) is 31.4 Å². The maximum atomic E-state index is 6.12. The third-order valence-corrected chi connectivity index (χ3v) is 5.44. The van der Waals surface area contributed by atoms with Gasteiger partial charge in [-0.1, -0.05) is 12.1 Å². The molecule has 1 aliphatic heterocycles. The SMILES string of the molecule is CSc1ccc(-c2cc(B3OC(C)(C)C(C)(C)O3)ccn2)cc1. The predicted octanol–water partition coefficient (Wildman–Crippen LogP) is 3.77. The first kappa shape index (κ1) is 16.6. The normalized spacial score (nSPS) is 19.1. The molecule has 1 aliphatic rings. The molecule has 0 bridgehead atoms. The molecule has 0 N–H and O–H groups in total. The molecular weight excluding hydrogens is 305 g/mol. The third-order valence-electron chi connectivity index (χ3n) is 4.70. The van der Waals surface area contributed by atoms with Crippen molar-refractivity contribution in [3.8, 4) is 11.3 Å². The summed E-state index contributed by atoms with van der Waals surface area (Å²) in [6, 6.07) is 12.4. The van der Waals surface area contributed by atoms with E-state index in [0.717, 1.165) is 16.7 Å². The molecule has 0 atom stereocenters. The molecule has 5 heteroatoms. The van der Waals surface area contributed by atoms with E-state index in [1.807, 2.05) is 12.3 Å². The van der Waals surface area contributed by atoms with Crippen LogP contribution in [-0.2, 0) is 9.31 Å². The van der Waals surface area contributed by atoms with Crippen LogP contribution < -0.4 is 5.46 Å². The molecule has 0 amide bonds. The molecule has 2 heterocycles.